The fraction of sp³-hybridized carbons (Fsp3) is 0.517. The van der Waals surface area contributed by atoms with Gasteiger partial charge < -0.3 is 29.7 Å². The molecule has 37 heavy (non-hydrogen) atoms. The van der Waals surface area contributed by atoms with Crippen molar-refractivity contribution in [2.24, 2.45) is 0 Å². The Balaban J connectivity index is 1.37. The van der Waals surface area contributed by atoms with E-state index in [1.54, 1.807) is 0 Å². The number of nitrogens with one attached hydrogen (secondary N) is 2. The van der Waals surface area contributed by atoms with Gasteiger partial charge in [-0.3, -0.25) is 0 Å². The summed E-state index contributed by atoms with van der Waals surface area (Å²) in [6, 6.07) is 13.0. The summed E-state index contributed by atoms with van der Waals surface area (Å²) in [5.74, 6) is 4.00. The molecule has 3 aromatic rings. The lowest BCUT2D eigenvalue weighted by Gasteiger charge is -2.30. The van der Waals surface area contributed by atoms with Gasteiger partial charge in [0.05, 0.1) is 25.3 Å². The van der Waals surface area contributed by atoms with Gasteiger partial charge in [-0.2, -0.15) is 4.98 Å². The van der Waals surface area contributed by atoms with Crippen molar-refractivity contribution >= 4 is 22.7 Å². The van der Waals surface area contributed by atoms with Gasteiger partial charge in [0.2, 0.25) is 5.95 Å². The van der Waals surface area contributed by atoms with Crippen LogP contribution in [0.25, 0.3) is 10.9 Å². The van der Waals surface area contributed by atoms with E-state index in [-0.39, 0.29) is 0 Å². The second-order valence-corrected chi connectivity index (χ2v) is 9.56. The van der Waals surface area contributed by atoms with Crippen molar-refractivity contribution in [2.45, 2.75) is 65.1 Å². The minimum absolute atomic E-state index is 0.364. The van der Waals surface area contributed by atoms with Gasteiger partial charge in [-0.15, -0.1) is 0 Å². The summed E-state index contributed by atoms with van der Waals surface area (Å²) in [6.07, 6.45) is 4.31. The zero-order valence-corrected chi connectivity index (χ0v) is 22.8. The lowest BCUT2D eigenvalue weighted by molar-refractivity contribution is 0.281. The first-order valence-corrected chi connectivity index (χ1v) is 13.5. The van der Waals surface area contributed by atoms with Crippen LogP contribution in [0, 0.1) is 0 Å². The maximum atomic E-state index is 5.93. The van der Waals surface area contributed by atoms with Crippen molar-refractivity contribution in [3.63, 3.8) is 0 Å². The molecule has 1 aliphatic rings. The molecule has 0 aliphatic heterocycles. The Labute approximate surface area is 220 Å². The Morgan fingerprint density at radius 2 is 1.43 bits per heavy atom. The van der Waals surface area contributed by atoms with Crippen molar-refractivity contribution in [1.29, 1.82) is 0 Å². The Hall–Kier alpha value is -3.26. The van der Waals surface area contributed by atoms with Crippen LogP contribution in [0.4, 0.5) is 11.8 Å². The molecule has 0 bridgehead atoms. The fourth-order valence-corrected chi connectivity index (χ4v) is 4.89. The fourth-order valence-electron chi connectivity index (χ4n) is 4.89. The first kappa shape index (κ1) is 26.8. The Morgan fingerprint density at radius 1 is 0.811 bits per heavy atom. The molecule has 8 nitrogen and oxygen atoms in total. The topological polar surface area (TPSA) is 80.8 Å². The van der Waals surface area contributed by atoms with Gasteiger partial charge in [0, 0.05) is 49.7 Å². The molecule has 1 fully saturated rings. The second kappa shape index (κ2) is 12.8. The van der Waals surface area contributed by atoms with Crippen molar-refractivity contribution < 1.29 is 14.2 Å². The first-order chi connectivity index (χ1) is 18.0. The van der Waals surface area contributed by atoms with Crippen LogP contribution in [0.2, 0.25) is 0 Å². The summed E-state index contributed by atoms with van der Waals surface area (Å²) in [4.78, 5) is 11.6. The number of benzene rings is 2. The molecule has 1 aliphatic carbocycles. The van der Waals surface area contributed by atoms with E-state index in [1.807, 2.05) is 64.0 Å². The van der Waals surface area contributed by atoms with E-state index in [0.29, 0.717) is 37.9 Å². The molecule has 2 aromatic carbocycles. The third kappa shape index (κ3) is 6.74. The van der Waals surface area contributed by atoms with Gasteiger partial charge in [-0.25, -0.2) is 4.98 Å². The van der Waals surface area contributed by atoms with Crippen LogP contribution >= 0.6 is 0 Å². The highest BCUT2D eigenvalue weighted by molar-refractivity contribution is 5.90. The highest BCUT2D eigenvalue weighted by Crippen LogP contribution is 2.36. The molecule has 0 amide bonds. The Bertz CT molecular complexity index is 1160. The number of nitrogens with zero attached hydrogens (tertiary/aromatic N) is 3. The molecule has 1 heterocycles. The van der Waals surface area contributed by atoms with Crippen molar-refractivity contribution in [3.8, 4) is 17.2 Å². The molecule has 0 unspecified atom stereocenters. The third-order valence-electron chi connectivity index (χ3n) is 6.67. The number of para-hydroxylation sites is 1. The third-order valence-corrected chi connectivity index (χ3v) is 6.67. The molecule has 1 aromatic heterocycles. The number of fused-ring (bicyclic) bond motifs is 1. The maximum Gasteiger partial charge on any atom is 0.225 e. The van der Waals surface area contributed by atoms with Crippen LogP contribution in [0.15, 0.2) is 36.4 Å². The molecule has 0 radical (unpaired) electrons. The standard InChI is InChI=1S/C29H41N5O3/c1-6-35-25-18-27(37-8-3)26(36-7-2)17-20(25)19-30-21-13-15-22(16-14-21)31-29-32-24-12-10-9-11-23(24)28(33-29)34(4)5/h9-12,17-18,21-22,30H,6-8,13-16,19H2,1-5H3,(H,31,32,33)/t21-,22+. The van der Waals surface area contributed by atoms with E-state index in [2.05, 4.69) is 22.8 Å². The lowest BCUT2D eigenvalue weighted by Crippen LogP contribution is -2.37. The normalized spacial score (nSPS) is 17.4. The number of hydrogen-bond acceptors (Lipinski definition) is 8. The van der Waals surface area contributed by atoms with Gasteiger partial charge >= 0.3 is 0 Å². The molecule has 1 saturated carbocycles. The largest absolute Gasteiger partial charge is 0.493 e. The summed E-state index contributed by atoms with van der Waals surface area (Å²) in [5, 5.41) is 8.42. The average Bonchev–Trinajstić information content (AvgIpc) is 2.90. The van der Waals surface area contributed by atoms with Gasteiger partial charge in [0.1, 0.15) is 11.6 Å². The van der Waals surface area contributed by atoms with Gasteiger partial charge in [0.15, 0.2) is 11.5 Å². The minimum Gasteiger partial charge on any atom is -0.493 e. The number of aromatic nitrogens is 2. The number of rotatable bonds is 12. The summed E-state index contributed by atoms with van der Waals surface area (Å²) in [7, 11) is 4.04. The summed E-state index contributed by atoms with van der Waals surface area (Å²) >= 11 is 0. The quantitative estimate of drug-likeness (QED) is 0.337. The van der Waals surface area contributed by atoms with Crippen LogP contribution in [0.3, 0.4) is 0 Å². The Morgan fingerprint density at radius 3 is 2.11 bits per heavy atom. The Kier molecular flexibility index (Phi) is 9.28. The molecule has 200 valence electrons. The highest BCUT2D eigenvalue weighted by Gasteiger charge is 2.23. The summed E-state index contributed by atoms with van der Waals surface area (Å²) in [6.45, 7) is 8.48. The summed E-state index contributed by atoms with van der Waals surface area (Å²) < 4.78 is 17.6. The van der Waals surface area contributed by atoms with E-state index < -0.39 is 0 Å². The smallest absolute Gasteiger partial charge is 0.225 e. The van der Waals surface area contributed by atoms with Crippen molar-refractivity contribution in [1.82, 2.24) is 15.3 Å². The van der Waals surface area contributed by atoms with Gasteiger partial charge in [0.25, 0.3) is 0 Å². The van der Waals surface area contributed by atoms with Crippen LogP contribution in [0.1, 0.15) is 52.0 Å². The zero-order valence-electron chi connectivity index (χ0n) is 22.8. The van der Waals surface area contributed by atoms with E-state index in [0.717, 1.165) is 71.8 Å². The molecule has 4 rings (SSSR count). The second-order valence-electron chi connectivity index (χ2n) is 9.56. The molecular weight excluding hydrogens is 466 g/mol. The molecule has 0 atom stereocenters. The highest BCUT2D eigenvalue weighted by atomic mass is 16.5. The molecule has 0 spiro atoms. The van der Waals surface area contributed by atoms with Crippen LogP contribution in [0.5, 0.6) is 17.2 Å². The number of anilines is 2. The van der Waals surface area contributed by atoms with Crippen molar-refractivity contribution in [3.05, 3.63) is 42.0 Å². The number of hydrogen-bond donors (Lipinski definition) is 2. The molecular formula is C29H41N5O3. The lowest BCUT2D eigenvalue weighted by atomic mass is 9.91. The monoisotopic (exact) mass is 507 g/mol. The van der Waals surface area contributed by atoms with Gasteiger partial charge in [-0.05, 0) is 64.7 Å². The van der Waals surface area contributed by atoms with Crippen molar-refractivity contribution in [2.75, 3.05) is 44.1 Å². The van der Waals surface area contributed by atoms with E-state index in [1.165, 1.54) is 0 Å². The predicted molar refractivity (Wildman–Crippen MR) is 150 cm³/mol. The van der Waals surface area contributed by atoms with E-state index in [4.69, 9.17) is 24.2 Å². The van der Waals surface area contributed by atoms with Gasteiger partial charge in [-0.1, -0.05) is 12.1 Å². The molecule has 8 heteroatoms. The van der Waals surface area contributed by atoms with E-state index in [9.17, 15) is 0 Å². The number of ether oxygens (including phenoxy) is 3. The maximum absolute atomic E-state index is 5.93. The summed E-state index contributed by atoms with van der Waals surface area (Å²) in [5.41, 5.74) is 2.06. The van der Waals surface area contributed by atoms with Crippen LogP contribution in [-0.4, -0.2) is 56.0 Å². The predicted octanol–water partition coefficient (Wildman–Crippen LogP) is 5.40. The first-order valence-electron chi connectivity index (χ1n) is 13.5. The minimum atomic E-state index is 0.364. The van der Waals surface area contributed by atoms with E-state index >= 15 is 0 Å². The SMILES string of the molecule is CCOc1cc(OCC)c(OCC)cc1CN[C@H]1CC[C@@H](Nc2nc(N(C)C)c3ccccc3n2)CC1. The molecule has 0 saturated heterocycles. The molecule has 2 N–H and O–H groups in total. The zero-order chi connectivity index (χ0) is 26.2. The van der Waals surface area contributed by atoms with Crippen LogP contribution in [-0.2, 0) is 6.54 Å². The van der Waals surface area contributed by atoms with Crippen LogP contribution < -0.4 is 29.7 Å². The average molecular weight is 508 g/mol.